The molecule has 0 aromatic heterocycles. The molecule has 1 amide bonds. The minimum Gasteiger partial charge on any atom is -0.486 e. The molecule has 0 saturated heterocycles. The number of amides is 1. The number of ketones is 1. The van der Waals surface area contributed by atoms with Gasteiger partial charge in [0.2, 0.25) is 5.91 Å². The molecule has 0 N–H and O–H groups in total. The van der Waals surface area contributed by atoms with E-state index in [1.165, 1.54) is 0 Å². The monoisotopic (exact) mass is 333 g/mol. The molecule has 24 heavy (non-hydrogen) atoms. The maximum atomic E-state index is 12.3. The van der Waals surface area contributed by atoms with Crippen molar-refractivity contribution in [2.45, 2.75) is 46.0 Å². The van der Waals surface area contributed by atoms with Crippen LogP contribution in [-0.4, -0.2) is 42.9 Å². The summed E-state index contributed by atoms with van der Waals surface area (Å²) >= 11 is 0. The van der Waals surface area contributed by atoms with Gasteiger partial charge in [0.05, 0.1) is 0 Å². The molecule has 0 bridgehead atoms. The second kappa shape index (κ2) is 9.30. The molecule has 1 aromatic carbocycles. The summed E-state index contributed by atoms with van der Waals surface area (Å²) in [6, 6.07) is 5.27. The fraction of sp³-hybridized carbons (Fsp3) is 0.579. The van der Waals surface area contributed by atoms with Crippen LogP contribution in [0.15, 0.2) is 18.2 Å². The first-order valence-electron chi connectivity index (χ1n) is 8.86. The van der Waals surface area contributed by atoms with Gasteiger partial charge in [-0.3, -0.25) is 9.59 Å². The molecule has 1 aliphatic heterocycles. The number of hydrogen-bond acceptors (Lipinski definition) is 4. The number of ether oxygens (including phenoxy) is 2. The van der Waals surface area contributed by atoms with Crippen molar-refractivity contribution in [2.75, 3.05) is 26.3 Å². The van der Waals surface area contributed by atoms with Gasteiger partial charge in [-0.2, -0.15) is 0 Å². The van der Waals surface area contributed by atoms with E-state index in [1.807, 2.05) is 4.90 Å². The highest BCUT2D eigenvalue weighted by molar-refractivity contribution is 5.96. The number of benzene rings is 1. The number of hydrogen-bond donors (Lipinski definition) is 0. The Kier molecular flexibility index (Phi) is 7.09. The lowest BCUT2D eigenvalue weighted by molar-refractivity contribution is -0.131. The zero-order valence-corrected chi connectivity index (χ0v) is 14.7. The minimum atomic E-state index is 0.0392. The third-order valence-corrected chi connectivity index (χ3v) is 4.00. The predicted molar refractivity (Wildman–Crippen MR) is 92.8 cm³/mol. The van der Waals surface area contributed by atoms with Crippen LogP contribution >= 0.6 is 0 Å². The molecule has 0 unspecified atom stereocenters. The molecule has 5 nitrogen and oxygen atoms in total. The summed E-state index contributed by atoms with van der Waals surface area (Å²) in [5.41, 5.74) is 0.616. The third kappa shape index (κ3) is 4.98. The van der Waals surface area contributed by atoms with Gasteiger partial charge in [-0.05, 0) is 37.5 Å². The van der Waals surface area contributed by atoms with Gasteiger partial charge in [0.1, 0.15) is 13.2 Å². The normalized spacial score (nSPS) is 12.8. The third-order valence-electron chi connectivity index (χ3n) is 4.00. The molecule has 0 spiro atoms. The van der Waals surface area contributed by atoms with Gasteiger partial charge in [0.25, 0.3) is 0 Å². The second-order valence-corrected chi connectivity index (χ2v) is 6.02. The van der Waals surface area contributed by atoms with Gasteiger partial charge in [-0.1, -0.05) is 13.8 Å². The Hall–Kier alpha value is -2.04. The Morgan fingerprint density at radius 2 is 1.67 bits per heavy atom. The second-order valence-electron chi connectivity index (χ2n) is 6.02. The first kappa shape index (κ1) is 18.3. The Morgan fingerprint density at radius 3 is 2.33 bits per heavy atom. The summed E-state index contributed by atoms with van der Waals surface area (Å²) < 4.78 is 11.0. The zero-order chi connectivity index (χ0) is 17.4. The van der Waals surface area contributed by atoms with Gasteiger partial charge < -0.3 is 14.4 Å². The van der Waals surface area contributed by atoms with Gasteiger partial charge in [0, 0.05) is 31.5 Å². The predicted octanol–water partition coefficient (Wildman–Crippen LogP) is 3.46. The first-order chi connectivity index (χ1) is 11.7. The largest absolute Gasteiger partial charge is 0.486 e. The van der Waals surface area contributed by atoms with Crippen molar-refractivity contribution in [1.29, 1.82) is 0 Å². The van der Waals surface area contributed by atoms with Crippen molar-refractivity contribution in [3.63, 3.8) is 0 Å². The van der Waals surface area contributed by atoms with E-state index < -0.39 is 0 Å². The molecule has 0 saturated carbocycles. The van der Waals surface area contributed by atoms with Gasteiger partial charge in [0.15, 0.2) is 17.3 Å². The molecule has 2 rings (SSSR count). The van der Waals surface area contributed by atoms with Crippen LogP contribution in [0, 0.1) is 0 Å². The van der Waals surface area contributed by atoms with Crippen LogP contribution in [0.25, 0.3) is 0 Å². The van der Waals surface area contributed by atoms with E-state index in [2.05, 4.69) is 13.8 Å². The number of carbonyl (C=O) groups excluding carboxylic acids is 2. The lowest BCUT2D eigenvalue weighted by atomic mass is 10.0. The number of rotatable bonds is 9. The maximum Gasteiger partial charge on any atom is 0.222 e. The SMILES string of the molecule is CCCN(CCC)C(=O)CCCC(=O)c1ccc2c(c1)OCCO2. The lowest BCUT2D eigenvalue weighted by Crippen LogP contribution is -2.32. The highest BCUT2D eigenvalue weighted by atomic mass is 16.6. The number of carbonyl (C=O) groups is 2. The molecule has 0 fully saturated rings. The van der Waals surface area contributed by atoms with E-state index in [1.54, 1.807) is 18.2 Å². The maximum absolute atomic E-state index is 12.3. The van der Waals surface area contributed by atoms with E-state index in [0.717, 1.165) is 25.9 Å². The van der Waals surface area contributed by atoms with Crippen molar-refractivity contribution in [2.24, 2.45) is 0 Å². The van der Waals surface area contributed by atoms with Crippen LogP contribution < -0.4 is 9.47 Å². The van der Waals surface area contributed by atoms with E-state index >= 15 is 0 Å². The molecule has 0 aliphatic carbocycles. The van der Waals surface area contributed by atoms with E-state index in [0.29, 0.717) is 49.5 Å². The van der Waals surface area contributed by atoms with E-state index in [-0.39, 0.29) is 11.7 Å². The van der Waals surface area contributed by atoms with Crippen LogP contribution in [0.4, 0.5) is 0 Å². The fourth-order valence-electron chi connectivity index (χ4n) is 2.82. The summed E-state index contributed by atoms with van der Waals surface area (Å²) in [7, 11) is 0. The average Bonchev–Trinajstić information content (AvgIpc) is 2.61. The molecule has 0 atom stereocenters. The minimum absolute atomic E-state index is 0.0392. The molecular formula is C19H27NO4. The first-order valence-corrected chi connectivity index (χ1v) is 8.86. The summed E-state index contributed by atoms with van der Waals surface area (Å²) in [5.74, 6) is 1.49. The highest BCUT2D eigenvalue weighted by Crippen LogP contribution is 2.31. The van der Waals surface area contributed by atoms with E-state index in [9.17, 15) is 9.59 Å². The van der Waals surface area contributed by atoms with Crippen molar-refractivity contribution < 1.29 is 19.1 Å². The molecule has 0 radical (unpaired) electrons. The molecule has 1 aromatic rings. The molecular weight excluding hydrogens is 306 g/mol. The smallest absolute Gasteiger partial charge is 0.222 e. The van der Waals surface area contributed by atoms with Crippen LogP contribution in [0.2, 0.25) is 0 Å². The van der Waals surface area contributed by atoms with Crippen LogP contribution in [-0.2, 0) is 4.79 Å². The topological polar surface area (TPSA) is 55.8 Å². The van der Waals surface area contributed by atoms with E-state index in [4.69, 9.17) is 9.47 Å². The van der Waals surface area contributed by atoms with Crippen molar-refractivity contribution >= 4 is 11.7 Å². The van der Waals surface area contributed by atoms with Gasteiger partial charge in [-0.15, -0.1) is 0 Å². The number of Topliss-reactive ketones (excluding diaryl/α,β-unsaturated/α-hetero) is 1. The number of nitrogens with zero attached hydrogens (tertiary/aromatic N) is 1. The molecule has 132 valence electrons. The van der Waals surface area contributed by atoms with Crippen LogP contribution in [0.5, 0.6) is 11.5 Å². The standard InChI is InChI=1S/C19H27NO4/c1-3-10-20(11-4-2)19(22)7-5-6-16(21)15-8-9-17-18(14-15)24-13-12-23-17/h8-9,14H,3-7,10-13H2,1-2H3. The Bertz CT molecular complexity index is 564. The fourth-order valence-corrected chi connectivity index (χ4v) is 2.82. The van der Waals surface area contributed by atoms with Gasteiger partial charge in [-0.25, -0.2) is 0 Å². The number of fused-ring (bicyclic) bond motifs is 1. The summed E-state index contributed by atoms with van der Waals surface area (Å²) in [6.45, 7) is 6.77. The summed E-state index contributed by atoms with van der Waals surface area (Å²) in [4.78, 5) is 26.4. The average molecular weight is 333 g/mol. The van der Waals surface area contributed by atoms with Crippen molar-refractivity contribution in [3.8, 4) is 11.5 Å². The molecule has 1 heterocycles. The Morgan fingerprint density at radius 1 is 1.00 bits per heavy atom. The summed E-state index contributed by atoms with van der Waals surface area (Å²) in [5, 5.41) is 0. The summed E-state index contributed by atoms with van der Waals surface area (Å²) in [6.07, 6.45) is 3.30. The van der Waals surface area contributed by atoms with Crippen molar-refractivity contribution in [1.82, 2.24) is 4.90 Å². The van der Waals surface area contributed by atoms with Gasteiger partial charge >= 0.3 is 0 Å². The Balaban J connectivity index is 1.83. The Labute approximate surface area is 143 Å². The van der Waals surface area contributed by atoms with Crippen LogP contribution in [0.3, 0.4) is 0 Å². The molecule has 5 heteroatoms. The van der Waals surface area contributed by atoms with Crippen molar-refractivity contribution in [3.05, 3.63) is 23.8 Å². The molecule has 1 aliphatic rings. The highest BCUT2D eigenvalue weighted by Gasteiger charge is 2.16. The quantitative estimate of drug-likeness (QED) is 0.649. The lowest BCUT2D eigenvalue weighted by Gasteiger charge is -2.21. The van der Waals surface area contributed by atoms with Crippen LogP contribution in [0.1, 0.15) is 56.3 Å². The zero-order valence-electron chi connectivity index (χ0n) is 14.7.